The molecule has 0 spiro atoms. The first-order chi connectivity index (χ1) is 45.9. The van der Waals surface area contributed by atoms with Gasteiger partial charge in [-0.2, -0.15) is 0 Å². The summed E-state index contributed by atoms with van der Waals surface area (Å²) in [6.45, 7) is 21.3. The lowest BCUT2D eigenvalue weighted by Gasteiger charge is -2.48. The molecular formula is C73H112FN7O17. The molecule has 24 nitrogen and oxygen atoms in total. The van der Waals surface area contributed by atoms with E-state index < -0.39 is 174 Å². The average molecular weight is 1380 g/mol. The molecule has 21 unspecified atom stereocenters. The van der Waals surface area contributed by atoms with Crippen molar-refractivity contribution in [2.24, 2.45) is 23.7 Å². The zero-order valence-electron chi connectivity index (χ0n) is 59.9. The van der Waals surface area contributed by atoms with Crippen LogP contribution < -0.4 is 26.6 Å². The summed E-state index contributed by atoms with van der Waals surface area (Å²) < 4.78 is 47.3. The number of carbonyl (C=O) groups excluding carboxylic acids is 6. The van der Waals surface area contributed by atoms with Crippen LogP contribution in [0.1, 0.15) is 146 Å². The standard InChI is InChI=1S/C73H112FN7O17/c1-16-57-73(13,93)63(85)47(9)81(40-42(4)36-72(12,92)65(98-70-61(84)56(80(14)15)33-43(5)94-70)45(7)62(46(8)69(90)96-57)97-60-37-71(11,91)64(86)48(10)95-60)31-23-30-75-58(82)38-77-67(88)54(32-41(2)3)79-68(89)55(34-49-24-19-17-20-25-49)78-59(83)39-76-66(87)44(6)51-28-29-52(53(74)35-51)50-26-21-18-22-27-50/h17-22,24-29,35,41-48,54-57,60-65,70,84-86,91-93H,16,23,30-34,36-40H2,1-15H3,(H,75,82)(H,76,87)(H,77,88)(H,78,83)(H,79,89). The van der Waals surface area contributed by atoms with E-state index in [0.717, 1.165) is 0 Å². The number of aliphatic hydroxyl groups is 6. The second-order valence-electron chi connectivity index (χ2n) is 29.0. The highest BCUT2D eigenvalue weighted by Gasteiger charge is 2.53. The predicted molar refractivity (Wildman–Crippen MR) is 366 cm³/mol. The minimum absolute atomic E-state index is 0.0257. The molecule has 3 aromatic carbocycles. The monoisotopic (exact) mass is 1380 g/mol. The molecule has 3 aliphatic rings. The van der Waals surface area contributed by atoms with E-state index in [-0.39, 0.29) is 70.2 Å². The molecule has 548 valence electrons. The molecule has 21 atom stereocenters. The lowest BCUT2D eigenvalue weighted by atomic mass is 9.77. The quantitative estimate of drug-likeness (QED) is 0.0418. The third kappa shape index (κ3) is 22.0. The van der Waals surface area contributed by atoms with Crippen molar-refractivity contribution in [1.82, 2.24) is 36.4 Å². The number of likely N-dealkylation sites (N-methyl/N-ethyl adjacent to an activating group) is 1. The van der Waals surface area contributed by atoms with Crippen LogP contribution in [0.25, 0.3) is 11.1 Å². The highest BCUT2D eigenvalue weighted by atomic mass is 19.1. The van der Waals surface area contributed by atoms with Gasteiger partial charge in [0.25, 0.3) is 0 Å². The molecule has 3 aliphatic heterocycles. The van der Waals surface area contributed by atoms with Crippen molar-refractivity contribution in [1.29, 1.82) is 0 Å². The molecule has 3 fully saturated rings. The van der Waals surface area contributed by atoms with E-state index in [1.165, 1.54) is 19.9 Å². The van der Waals surface area contributed by atoms with Crippen LogP contribution in [-0.2, 0) is 58.9 Å². The summed E-state index contributed by atoms with van der Waals surface area (Å²) >= 11 is 0. The Bertz CT molecular complexity index is 3070. The minimum Gasteiger partial charge on any atom is -0.459 e. The van der Waals surface area contributed by atoms with Gasteiger partial charge in [0.2, 0.25) is 29.5 Å². The van der Waals surface area contributed by atoms with Crippen LogP contribution in [0, 0.1) is 29.5 Å². The highest BCUT2D eigenvalue weighted by molar-refractivity contribution is 5.94. The molecule has 25 heteroatoms. The SMILES string of the molecule is CCC1OC(=O)C(C)C(OC2CC(C)(O)C(O)C(C)O2)C(C)C(OC2OC(C)CC(N(C)C)C2O)C(C)(O)CC(C)CN(CCCNC(=O)CNC(=O)C(CC(C)C)NC(=O)C(Cc2ccccc2)NC(=O)CNC(=O)C(C)c2ccc(-c3ccccc3)c(F)c2)C(C)C(O)C1(C)O. The second-order valence-corrected chi connectivity index (χ2v) is 29.0. The van der Waals surface area contributed by atoms with Gasteiger partial charge in [-0.15, -0.1) is 0 Å². The number of nitrogens with one attached hydrogen (secondary N) is 5. The molecule has 3 heterocycles. The van der Waals surface area contributed by atoms with Gasteiger partial charge in [0.1, 0.15) is 47.9 Å². The molecule has 3 saturated heterocycles. The number of carbonyl (C=O) groups is 6. The third-order valence-corrected chi connectivity index (χ3v) is 19.6. The minimum atomic E-state index is -2.05. The third-order valence-electron chi connectivity index (χ3n) is 19.6. The first-order valence-electron chi connectivity index (χ1n) is 34.7. The fraction of sp³-hybridized carbons (Fsp3) is 0.671. The summed E-state index contributed by atoms with van der Waals surface area (Å²) in [5.41, 5.74) is -3.34. The first kappa shape index (κ1) is 80.9. The fourth-order valence-corrected chi connectivity index (χ4v) is 14.0. The van der Waals surface area contributed by atoms with E-state index in [9.17, 15) is 59.4 Å². The maximum Gasteiger partial charge on any atom is 0.311 e. The summed E-state index contributed by atoms with van der Waals surface area (Å²) in [4.78, 5) is 87.0. The van der Waals surface area contributed by atoms with E-state index >= 15 is 4.39 Å². The van der Waals surface area contributed by atoms with Gasteiger partial charge in [0, 0.05) is 56.0 Å². The van der Waals surface area contributed by atoms with Crippen molar-refractivity contribution < 1.29 is 87.5 Å². The Morgan fingerprint density at radius 3 is 2.00 bits per heavy atom. The first-order valence-corrected chi connectivity index (χ1v) is 34.7. The van der Waals surface area contributed by atoms with Gasteiger partial charge in [0.05, 0.1) is 60.5 Å². The number of benzene rings is 3. The highest BCUT2D eigenvalue weighted by Crippen LogP contribution is 2.40. The van der Waals surface area contributed by atoms with E-state index in [4.69, 9.17) is 23.7 Å². The second kappa shape index (κ2) is 36.0. The van der Waals surface area contributed by atoms with Crippen molar-refractivity contribution >= 4 is 35.5 Å². The normalized spacial score (nSPS) is 32.5. The topological polar surface area (TPSA) is 337 Å². The van der Waals surface area contributed by atoms with Crippen molar-refractivity contribution in [2.75, 3.05) is 46.8 Å². The van der Waals surface area contributed by atoms with Crippen LogP contribution >= 0.6 is 0 Å². The van der Waals surface area contributed by atoms with Crippen LogP contribution in [0.2, 0.25) is 0 Å². The summed E-state index contributed by atoms with van der Waals surface area (Å²) in [6, 6.07) is 18.9. The van der Waals surface area contributed by atoms with Crippen LogP contribution in [0.3, 0.4) is 0 Å². The molecule has 5 amide bonds. The summed E-state index contributed by atoms with van der Waals surface area (Å²) in [5, 5.41) is 85.1. The Labute approximate surface area is 577 Å². The maximum atomic E-state index is 15.3. The molecule has 0 aliphatic carbocycles. The van der Waals surface area contributed by atoms with Crippen molar-refractivity contribution in [2.45, 2.75) is 243 Å². The molecule has 11 N–H and O–H groups in total. The maximum absolute atomic E-state index is 15.3. The van der Waals surface area contributed by atoms with Crippen molar-refractivity contribution in [3.05, 3.63) is 95.8 Å². The van der Waals surface area contributed by atoms with Gasteiger partial charge < -0.3 is 85.8 Å². The zero-order valence-corrected chi connectivity index (χ0v) is 59.9. The van der Waals surface area contributed by atoms with Crippen LogP contribution in [-0.4, -0.2) is 225 Å². The van der Waals surface area contributed by atoms with Crippen molar-refractivity contribution in [3.63, 3.8) is 0 Å². The number of aliphatic hydroxyl groups excluding tert-OH is 3. The lowest BCUT2D eigenvalue weighted by Crippen LogP contribution is -2.60. The smallest absolute Gasteiger partial charge is 0.311 e. The molecule has 0 bridgehead atoms. The number of nitrogens with zero attached hydrogens (tertiary/aromatic N) is 2. The Morgan fingerprint density at radius 1 is 0.755 bits per heavy atom. The number of halogens is 1. The van der Waals surface area contributed by atoms with E-state index in [1.54, 1.807) is 115 Å². The largest absolute Gasteiger partial charge is 0.459 e. The number of amides is 5. The lowest BCUT2D eigenvalue weighted by molar-refractivity contribution is -0.316. The summed E-state index contributed by atoms with van der Waals surface area (Å²) in [7, 11) is 3.67. The number of hydrogen-bond donors (Lipinski definition) is 11. The number of rotatable bonds is 25. The van der Waals surface area contributed by atoms with Gasteiger partial charge in [-0.3, -0.25) is 33.7 Å². The summed E-state index contributed by atoms with van der Waals surface area (Å²) in [5.74, 6) is -7.94. The number of hydrogen-bond acceptors (Lipinski definition) is 19. The molecule has 6 rings (SSSR count). The fourth-order valence-electron chi connectivity index (χ4n) is 14.0. The summed E-state index contributed by atoms with van der Waals surface area (Å²) in [6.07, 6.45) is -10.6. The molecular weight excluding hydrogens is 1270 g/mol. The Balaban J connectivity index is 1.14. The number of ether oxygens (including phenoxy) is 5. The molecule has 0 aromatic heterocycles. The van der Waals surface area contributed by atoms with Gasteiger partial charge in [-0.05, 0) is 136 Å². The molecule has 98 heavy (non-hydrogen) atoms. The zero-order chi connectivity index (χ0) is 72.7. The average Bonchev–Trinajstić information content (AvgIpc) is 1.18. The molecule has 3 aromatic rings. The van der Waals surface area contributed by atoms with Crippen LogP contribution in [0.15, 0.2) is 78.9 Å². The Hall–Kier alpha value is -6.07. The van der Waals surface area contributed by atoms with E-state index in [2.05, 4.69) is 26.6 Å². The van der Waals surface area contributed by atoms with Gasteiger partial charge in [-0.25, -0.2) is 4.39 Å². The number of cyclic esters (lactones) is 1. The van der Waals surface area contributed by atoms with Crippen LogP contribution in [0.4, 0.5) is 4.39 Å². The van der Waals surface area contributed by atoms with E-state index in [0.29, 0.717) is 28.7 Å². The van der Waals surface area contributed by atoms with Crippen molar-refractivity contribution in [3.8, 4) is 11.1 Å². The molecule has 0 saturated carbocycles. The Kier molecular flexibility index (Phi) is 29.7. The molecule has 0 radical (unpaired) electrons. The number of esters is 1. The van der Waals surface area contributed by atoms with Gasteiger partial charge >= 0.3 is 5.97 Å². The van der Waals surface area contributed by atoms with E-state index in [1.807, 2.05) is 57.7 Å². The Morgan fingerprint density at radius 2 is 1.39 bits per heavy atom. The predicted octanol–water partition coefficient (Wildman–Crippen LogP) is 4.22. The van der Waals surface area contributed by atoms with Crippen LogP contribution in [0.5, 0.6) is 0 Å². The van der Waals surface area contributed by atoms with Gasteiger partial charge in [-0.1, -0.05) is 107 Å². The van der Waals surface area contributed by atoms with Gasteiger partial charge in [0.15, 0.2) is 12.6 Å².